The van der Waals surface area contributed by atoms with Crippen molar-refractivity contribution in [1.29, 1.82) is 0 Å². The summed E-state index contributed by atoms with van der Waals surface area (Å²) in [5.74, 6) is 0.967. The third-order valence-electron chi connectivity index (χ3n) is 6.82. The number of halogens is 1. The van der Waals surface area contributed by atoms with Crippen molar-refractivity contribution in [2.75, 3.05) is 46.5 Å². The van der Waals surface area contributed by atoms with E-state index in [9.17, 15) is 14.7 Å². The molecular formula is C33H36ClNO8. The molecular weight excluding hydrogens is 574 g/mol. The van der Waals surface area contributed by atoms with E-state index in [1.165, 1.54) is 7.11 Å². The Morgan fingerprint density at radius 1 is 0.953 bits per heavy atom. The molecule has 1 amide bonds. The van der Waals surface area contributed by atoms with Gasteiger partial charge in [0, 0.05) is 23.3 Å². The zero-order valence-corrected chi connectivity index (χ0v) is 25.0. The molecule has 228 valence electrons. The Labute approximate surface area is 255 Å². The average molecular weight is 610 g/mol. The van der Waals surface area contributed by atoms with Crippen molar-refractivity contribution >= 4 is 34.4 Å². The van der Waals surface area contributed by atoms with Crippen LogP contribution in [0.3, 0.4) is 0 Å². The molecule has 9 nitrogen and oxygen atoms in total. The molecule has 3 aromatic carbocycles. The predicted octanol–water partition coefficient (Wildman–Crippen LogP) is 5.18. The Bertz CT molecular complexity index is 1490. The number of methoxy groups -OCH3 is 2. The molecule has 0 bridgehead atoms. The van der Waals surface area contributed by atoms with Gasteiger partial charge in [-0.15, -0.1) is 11.6 Å². The SMILES string of the molecule is COc1ccc(-c2oc3c(OC)cc(CCC(=O)N[C@H](CO)Cc4ccccc4)cc3c2C(=O)OCCOCCCl)cc1. The van der Waals surface area contributed by atoms with Crippen molar-refractivity contribution in [2.24, 2.45) is 0 Å². The average Bonchev–Trinajstić information content (AvgIpc) is 3.43. The summed E-state index contributed by atoms with van der Waals surface area (Å²) in [7, 11) is 3.09. The molecule has 0 aliphatic carbocycles. The summed E-state index contributed by atoms with van der Waals surface area (Å²) in [5.41, 5.74) is 3.07. The fraction of sp³-hybridized carbons (Fsp3) is 0.333. The number of benzene rings is 3. The van der Waals surface area contributed by atoms with Crippen LogP contribution in [0.2, 0.25) is 0 Å². The maximum atomic E-state index is 13.4. The second kappa shape index (κ2) is 16.0. The maximum absolute atomic E-state index is 13.4. The zero-order chi connectivity index (χ0) is 30.6. The van der Waals surface area contributed by atoms with E-state index in [1.54, 1.807) is 37.4 Å². The number of ether oxygens (including phenoxy) is 4. The highest BCUT2D eigenvalue weighted by Gasteiger charge is 2.26. The second-order valence-electron chi connectivity index (χ2n) is 9.78. The van der Waals surface area contributed by atoms with E-state index in [0.29, 0.717) is 59.1 Å². The van der Waals surface area contributed by atoms with Gasteiger partial charge in [-0.3, -0.25) is 4.79 Å². The molecule has 43 heavy (non-hydrogen) atoms. The lowest BCUT2D eigenvalue weighted by molar-refractivity contribution is -0.122. The number of rotatable bonds is 16. The van der Waals surface area contributed by atoms with Gasteiger partial charge in [0.1, 0.15) is 23.7 Å². The number of carbonyl (C=O) groups excluding carboxylic acids is 2. The Balaban J connectivity index is 1.59. The van der Waals surface area contributed by atoms with Crippen molar-refractivity contribution in [3.8, 4) is 22.8 Å². The third-order valence-corrected chi connectivity index (χ3v) is 6.98. The topological polar surface area (TPSA) is 116 Å². The van der Waals surface area contributed by atoms with E-state index in [1.807, 2.05) is 36.4 Å². The van der Waals surface area contributed by atoms with Gasteiger partial charge in [-0.05, 0) is 60.4 Å². The summed E-state index contributed by atoms with van der Waals surface area (Å²) in [6.07, 6.45) is 1.06. The number of hydrogen-bond acceptors (Lipinski definition) is 8. The van der Waals surface area contributed by atoms with Crippen LogP contribution in [0, 0.1) is 0 Å². The molecule has 0 saturated heterocycles. The second-order valence-corrected chi connectivity index (χ2v) is 10.2. The number of carbonyl (C=O) groups is 2. The van der Waals surface area contributed by atoms with E-state index in [-0.39, 0.29) is 37.7 Å². The van der Waals surface area contributed by atoms with Crippen molar-refractivity contribution in [3.05, 3.63) is 83.4 Å². The molecule has 1 heterocycles. The fourth-order valence-corrected chi connectivity index (χ4v) is 4.82. The van der Waals surface area contributed by atoms with Crippen LogP contribution in [0.1, 0.15) is 27.9 Å². The Morgan fingerprint density at radius 2 is 1.72 bits per heavy atom. The van der Waals surface area contributed by atoms with Crippen molar-refractivity contribution in [2.45, 2.75) is 25.3 Å². The maximum Gasteiger partial charge on any atom is 0.342 e. The van der Waals surface area contributed by atoms with Crippen LogP contribution >= 0.6 is 11.6 Å². The fourth-order valence-electron chi connectivity index (χ4n) is 4.71. The van der Waals surface area contributed by atoms with E-state index in [0.717, 1.165) is 11.1 Å². The number of nitrogens with one attached hydrogen (secondary N) is 1. The number of furan rings is 1. The third kappa shape index (κ3) is 8.50. The molecule has 2 N–H and O–H groups in total. The van der Waals surface area contributed by atoms with E-state index < -0.39 is 12.0 Å². The smallest absolute Gasteiger partial charge is 0.342 e. The minimum atomic E-state index is -0.581. The van der Waals surface area contributed by atoms with Gasteiger partial charge in [0.15, 0.2) is 11.3 Å². The molecule has 0 radical (unpaired) electrons. The van der Waals surface area contributed by atoms with Crippen molar-refractivity contribution < 1.29 is 38.1 Å². The van der Waals surface area contributed by atoms with E-state index >= 15 is 0 Å². The summed E-state index contributed by atoms with van der Waals surface area (Å²) in [5, 5.41) is 13.2. The molecule has 0 aliphatic heterocycles. The largest absolute Gasteiger partial charge is 0.497 e. The molecule has 0 aliphatic rings. The van der Waals surface area contributed by atoms with Gasteiger partial charge in [-0.2, -0.15) is 0 Å². The lowest BCUT2D eigenvalue weighted by Crippen LogP contribution is -2.39. The van der Waals surface area contributed by atoms with Crippen LogP contribution in [0.25, 0.3) is 22.3 Å². The molecule has 4 rings (SSSR count). The molecule has 0 saturated carbocycles. The number of amides is 1. The Morgan fingerprint density at radius 3 is 2.40 bits per heavy atom. The number of aryl methyl sites for hydroxylation is 1. The predicted molar refractivity (Wildman–Crippen MR) is 164 cm³/mol. The molecule has 0 spiro atoms. The number of fused-ring (bicyclic) bond motifs is 1. The van der Waals surface area contributed by atoms with Crippen LogP contribution < -0.4 is 14.8 Å². The van der Waals surface area contributed by atoms with Crippen LogP contribution in [-0.2, 0) is 27.1 Å². The first-order valence-corrected chi connectivity index (χ1v) is 14.5. The molecule has 1 atom stereocenters. The first-order valence-electron chi connectivity index (χ1n) is 14.0. The summed E-state index contributed by atoms with van der Waals surface area (Å²) >= 11 is 5.65. The van der Waals surface area contributed by atoms with Gasteiger partial charge in [0.25, 0.3) is 0 Å². The lowest BCUT2D eigenvalue weighted by atomic mass is 10.0. The molecule has 1 aromatic heterocycles. The molecule has 4 aromatic rings. The number of aliphatic hydroxyl groups excluding tert-OH is 1. The monoisotopic (exact) mass is 609 g/mol. The Kier molecular flexibility index (Phi) is 11.8. The number of esters is 1. The van der Waals surface area contributed by atoms with Crippen molar-refractivity contribution in [3.63, 3.8) is 0 Å². The summed E-state index contributed by atoms with van der Waals surface area (Å²) in [4.78, 5) is 26.3. The molecule has 0 fully saturated rings. The van der Waals surface area contributed by atoms with Crippen LogP contribution in [0.5, 0.6) is 11.5 Å². The zero-order valence-electron chi connectivity index (χ0n) is 24.3. The molecule has 0 unspecified atom stereocenters. The number of alkyl halides is 1. The minimum Gasteiger partial charge on any atom is -0.497 e. The van der Waals surface area contributed by atoms with Gasteiger partial charge in [0.05, 0.1) is 40.1 Å². The first kappa shape index (κ1) is 31.9. The van der Waals surface area contributed by atoms with Gasteiger partial charge < -0.3 is 33.8 Å². The van der Waals surface area contributed by atoms with E-state index in [4.69, 9.17) is 35.0 Å². The molecule has 10 heteroatoms. The number of hydrogen-bond donors (Lipinski definition) is 2. The van der Waals surface area contributed by atoms with E-state index in [2.05, 4.69) is 5.32 Å². The lowest BCUT2D eigenvalue weighted by Gasteiger charge is -2.16. The summed E-state index contributed by atoms with van der Waals surface area (Å²) in [6, 6.07) is 20.0. The highest BCUT2D eigenvalue weighted by molar-refractivity contribution is 6.18. The summed E-state index contributed by atoms with van der Waals surface area (Å²) < 4.78 is 28.0. The van der Waals surface area contributed by atoms with Gasteiger partial charge >= 0.3 is 5.97 Å². The first-order chi connectivity index (χ1) is 21.0. The van der Waals surface area contributed by atoms with Gasteiger partial charge in [-0.1, -0.05) is 30.3 Å². The highest BCUT2D eigenvalue weighted by atomic mass is 35.5. The van der Waals surface area contributed by atoms with Crippen LogP contribution in [-0.4, -0.2) is 69.6 Å². The van der Waals surface area contributed by atoms with Crippen molar-refractivity contribution in [1.82, 2.24) is 5.32 Å². The Hall–Kier alpha value is -4.05. The van der Waals surface area contributed by atoms with Gasteiger partial charge in [0.2, 0.25) is 5.91 Å². The minimum absolute atomic E-state index is 0.0381. The highest BCUT2D eigenvalue weighted by Crippen LogP contribution is 2.40. The number of aliphatic hydroxyl groups is 1. The van der Waals surface area contributed by atoms with Crippen LogP contribution in [0.4, 0.5) is 0 Å². The van der Waals surface area contributed by atoms with Crippen LogP contribution in [0.15, 0.2) is 71.1 Å². The normalized spacial score (nSPS) is 11.7. The van der Waals surface area contributed by atoms with Gasteiger partial charge in [-0.25, -0.2) is 4.79 Å². The standard InChI is InChI=1S/C33H36ClNO8/c1-39-26-11-9-24(10-12-26)31-30(33(38)42-17-16-41-15-14-34)27-19-23(20-28(40-2)32(27)43-31)8-13-29(37)35-25(21-36)18-22-6-4-3-5-7-22/h3-7,9-12,19-20,25,36H,8,13-18,21H2,1-2H3,(H,35,37)/t25-/m0/s1. The summed E-state index contributed by atoms with van der Waals surface area (Å²) in [6.45, 7) is 0.418. The quantitative estimate of drug-likeness (QED) is 0.101.